The van der Waals surface area contributed by atoms with Gasteiger partial charge in [-0.2, -0.15) is 0 Å². The van der Waals surface area contributed by atoms with Gasteiger partial charge >= 0.3 is 0 Å². The van der Waals surface area contributed by atoms with Crippen molar-refractivity contribution >= 4 is 15.8 Å². The molecule has 0 unspecified atom stereocenters. The fourth-order valence-electron chi connectivity index (χ4n) is 4.39. The molecule has 4 rings (SSSR count). The van der Waals surface area contributed by atoms with Crippen LogP contribution in [0, 0.1) is 5.92 Å². The highest BCUT2D eigenvalue weighted by atomic mass is 32.2. The molecule has 3 saturated heterocycles. The van der Waals surface area contributed by atoms with Crippen LogP contribution in [0.2, 0.25) is 0 Å². The van der Waals surface area contributed by atoms with E-state index < -0.39 is 9.84 Å². The van der Waals surface area contributed by atoms with Crippen LogP contribution >= 0.6 is 0 Å². The van der Waals surface area contributed by atoms with Gasteiger partial charge in [0.05, 0.1) is 24.2 Å². The lowest BCUT2D eigenvalue weighted by Crippen LogP contribution is -2.37. The normalized spacial score (nSPS) is 31.5. The van der Waals surface area contributed by atoms with Crippen LogP contribution < -0.4 is 4.90 Å². The number of nitrogens with zero attached hydrogens (tertiary/aromatic N) is 5. The molecule has 9 heteroatoms. The topological polar surface area (TPSA) is 78.9 Å². The van der Waals surface area contributed by atoms with E-state index in [1.165, 1.54) is 0 Å². The Morgan fingerprint density at radius 2 is 1.88 bits per heavy atom. The second-order valence-electron chi connectivity index (χ2n) is 7.75. The molecule has 3 fully saturated rings. The van der Waals surface area contributed by atoms with Crippen LogP contribution in [0.15, 0.2) is 12.4 Å². The van der Waals surface area contributed by atoms with E-state index in [1.807, 2.05) is 26.5 Å². The van der Waals surface area contributed by atoms with Crippen molar-refractivity contribution in [3.8, 4) is 0 Å². The van der Waals surface area contributed by atoms with Crippen LogP contribution in [0.25, 0.3) is 0 Å². The molecule has 144 valence electrons. The van der Waals surface area contributed by atoms with Crippen LogP contribution in [0.1, 0.15) is 5.56 Å². The summed E-state index contributed by atoms with van der Waals surface area (Å²) in [6.07, 6.45) is 3.73. The number of rotatable bonds is 4. The number of morpholine rings is 1. The van der Waals surface area contributed by atoms with Gasteiger partial charge in [-0.1, -0.05) is 0 Å². The minimum Gasteiger partial charge on any atom is -0.378 e. The third-order valence-corrected chi connectivity index (χ3v) is 8.03. The third-order valence-electron chi connectivity index (χ3n) is 5.80. The second kappa shape index (κ2) is 7.03. The first kappa shape index (κ1) is 18.1. The number of hydrogen-bond donors (Lipinski definition) is 0. The molecule has 0 radical (unpaired) electrons. The fraction of sp³-hybridized carbons (Fsp3) is 0.765. The van der Waals surface area contributed by atoms with E-state index in [0.717, 1.165) is 31.1 Å². The monoisotopic (exact) mass is 381 g/mol. The first-order valence-corrected chi connectivity index (χ1v) is 10.9. The molecule has 0 N–H and O–H groups in total. The van der Waals surface area contributed by atoms with Crippen molar-refractivity contribution < 1.29 is 13.2 Å². The number of hydrogen-bond acceptors (Lipinski definition) is 8. The van der Waals surface area contributed by atoms with Gasteiger partial charge in [-0.25, -0.2) is 18.4 Å². The number of ether oxygens (including phenoxy) is 1. The molecule has 0 bridgehead atoms. The van der Waals surface area contributed by atoms with Gasteiger partial charge < -0.3 is 14.5 Å². The van der Waals surface area contributed by atoms with E-state index >= 15 is 0 Å². The molecule has 0 aromatic carbocycles. The minimum atomic E-state index is -3.00. The first-order valence-electron chi connectivity index (χ1n) is 9.18. The van der Waals surface area contributed by atoms with Crippen molar-refractivity contribution in [2.24, 2.45) is 5.92 Å². The van der Waals surface area contributed by atoms with E-state index in [-0.39, 0.29) is 17.2 Å². The standard InChI is InChI=1S/C17H27N5O3S/c1-20(2)15-12-26(23,24)16-11-21(10-14(15)16)9-13-7-18-17(19-8-13)22-3-5-25-6-4-22/h7-8,14-16H,3-6,9-12H2,1-2H3/t14-,15+,16-/m0/s1. The largest absolute Gasteiger partial charge is 0.378 e. The van der Waals surface area contributed by atoms with Crippen LogP contribution in [0.4, 0.5) is 5.95 Å². The minimum absolute atomic E-state index is 0.120. The molecule has 0 amide bonds. The summed E-state index contributed by atoms with van der Waals surface area (Å²) in [4.78, 5) is 15.4. The predicted molar refractivity (Wildman–Crippen MR) is 98.9 cm³/mol. The van der Waals surface area contributed by atoms with Crippen molar-refractivity contribution in [2.75, 3.05) is 64.1 Å². The van der Waals surface area contributed by atoms with Gasteiger partial charge in [0.15, 0.2) is 9.84 Å². The van der Waals surface area contributed by atoms with Crippen molar-refractivity contribution in [2.45, 2.75) is 17.8 Å². The van der Waals surface area contributed by atoms with Gasteiger partial charge in [-0.3, -0.25) is 4.90 Å². The molecule has 1 aromatic rings. The van der Waals surface area contributed by atoms with Gasteiger partial charge in [-0.15, -0.1) is 0 Å². The summed E-state index contributed by atoms with van der Waals surface area (Å²) < 4.78 is 30.3. The summed E-state index contributed by atoms with van der Waals surface area (Å²) in [6, 6.07) is 0.120. The van der Waals surface area contributed by atoms with Crippen LogP contribution in [-0.4, -0.2) is 98.7 Å². The van der Waals surface area contributed by atoms with E-state index in [2.05, 4.69) is 24.7 Å². The van der Waals surface area contributed by atoms with Crippen LogP contribution in [0.3, 0.4) is 0 Å². The van der Waals surface area contributed by atoms with Crippen molar-refractivity contribution in [3.63, 3.8) is 0 Å². The molecule has 8 nitrogen and oxygen atoms in total. The van der Waals surface area contributed by atoms with E-state index in [1.54, 1.807) is 0 Å². The number of fused-ring (bicyclic) bond motifs is 1. The molecular formula is C17H27N5O3S. The van der Waals surface area contributed by atoms with E-state index in [4.69, 9.17) is 4.74 Å². The summed E-state index contributed by atoms with van der Waals surface area (Å²) in [6.45, 7) is 5.19. The molecule has 1 aromatic heterocycles. The lowest BCUT2D eigenvalue weighted by molar-refractivity contribution is 0.122. The maximum atomic E-state index is 12.5. The summed E-state index contributed by atoms with van der Waals surface area (Å²) >= 11 is 0. The molecular weight excluding hydrogens is 354 g/mol. The molecule has 4 heterocycles. The van der Waals surface area contributed by atoms with Crippen LogP contribution in [-0.2, 0) is 21.1 Å². The zero-order chi connectivity index (χ0) is 18.3. The predicted octanol–water partition coefficient (Wildman–Crippen LogP) is -0.528. The van der Waals surface area contributed by atoms with Crippen molar-refractivity contribution in [1.82, 2.24) is 19.8 Å². The Balaban J connectivity index is 1.41. The molecule has 26 heavy (non-hydrogen) atoms. The zero-order valence-electron chi connectivity index (χ0n) is 15.4. The first-order chi connectivity index (χ1) is 12.4. The Hall–Kier alpha value is -1.29. The number of likely N-dealkylation sites (tertiary alicyclic amines) is 1. The Labute approximate surface area is 155 Å². The van der Waals surface area contributed by atoms with Gasteiger partial charge in [0, 0.05) is 62.6 Å². The smallest absolute Gasteiger partial charge is 0.225 e. The molecule has 0 aliphatic carbocycles. The average Bonchev–Trinajstić information content (AvgIpc) is 3.15. The highest BCUT2D eigenvalue weighted by Gasteiger charge is 2.52. The Morgan fingerprint density at radius 1 is 1.19 bits per heavy atom. The second-order valence-corrected chi connectivity index (χ2v) is 10.0. The molecule has 3 aliphatic heterocycles. The maximum absolute atomic E-state index is 12.5. The fourth-order valence-corrected chi connectivity index (χ4v) is 6.90. The summed E-state index contributed by atoms with van der Waals surface area (Å²) in [5, 5.41) is -0.233. The van der Waals surface area contributed by atoms with Gasteiger partial charge in [0.1, 0.15) is 0 Å². The third kappa shape index (κ3) is 3.45. The Morgan fingerprint density at radius 3 is 2.54 bits per heavy atom. The van der Waals surface area contributed by atoms with Gasteiger partial charge in [0.2, 0.25) is 5.95 Å². The molecule has 0 spiro atoms. The maximum Gasteiger partial charge on any atom is 0.225 e. The van der Waals surface area contributed by atoms with Gasteiger partial charge in [-0.05, 0) is 14.1 Å². The lowest BCUT2D eigenvalue weighted by Gasteiger charge is -2.27. The quantitative estimate of drug-likeness (QED) is 0.689. The molecule has 3 atom stereocenters. The highest BCUT2D eigenvalue weighted by molar-refractivity contribution is 7.92. The molecule has 0 saturated carbocycles. The lowest BCUT2D eigenvalue weighted by atomic mass is 10.00. The van der Waals surface area contributed by atoms with E-state index in [0.29, 0.717) is 32.1 Å². The number of anilines is 1. The molecule has 3 aliphatic rings. The zero-order valence-corrected chi connectivity index (χ0v) is 16.2. The SMILES string of the molecule is CN(C)[C@@H]1CS(=O)(=O)[C@H]2CN(Cc3cnc(N4CCOCC4)nc3)C[C@@H]12. The average molecular weight is 382 g/mol. The van der Waals surface area contributed by atoms with Gasteiger partial charge in [0.25, 0.3) is 0 Å². The number of aromatic nitrogens is 2. The van der Waals surface area contributed by atoms with Crippen LogP contribution in [0.5, 0.6) is 0 Å². The summed E-state index contributed by atoms with van der Waals surface area (Å²) in [5.74, 6) is 1.23. The number of sulfone groups is 1. The van der Waals surface area contributed by atoms with Crippen molar-refractivity contribution in [3.05, 3.63) is 18.0 Å². The van der Waals surface area contributed by atoms with Crippen molar-refractivity contribution in [1.29, 1.82) is 0 Å². The Kier molecular flexibility index (Phi) is 4.89. The highest BCUT2D eigenvalue weighted by Crippen LogP contribution is 2.36. The summed E-state index contributed by atoms with van der Waals surface area (Å²) in [5.41, 5.74) is 1.03. The van der Waals surface area contributed by atoms with E-state index in [9.17, 15) is 8.42 Å². The Bertz CT molecular complexity index is 733. The summed E-state index contributed by atoms with van der Waals surface area (Å²) in [7, 11) is 0.954.